The van der Waals surface area contributed by atoms with E-state index in [4.69, 9.17) is 19.6 Å². The van der Waals surface area contributed by atoms with Gasteiger partial charge in [-0.3, -0.25) is 4.79 Å². The zero-order valence-corrected chi connectivity index (χ0v) is 24.8. The predicted molar refractivity (Wildman–Crippen MR) is 175 cm³/mol. The molecule has 0 radical (unpaired) electrons. The lowest BCUT2D eigenvalue weighted by atomic mass is 9.83. The molecule has 0 saturated carbocycles. The Morgan fingerprint density at radius 3 is 2.18 bits per heavy atom. The molecule has 224 valence electrons. The number of carbonyl (C=O) groups excluding carboxylic acids is 1. The van der Waals surface area contributed by atoms with Crippen LogP contribution in [-0.2, 0) is 9.53 Å². The van der Waals surface area contributed by atoms with Crippen molar-refractivity contribution < 1.29 is 19.4 Å². The Hall–Kier alpha value is -4.68. The summed E-state index contributed by atoms with van der Waals surface area (Å²) >= 11 is 0. The Morgan fingerprint density at radius 1 is 0.864 bits per heavy atom. The minimum absolute atomic E-state index is 0.00352. The largest absolute Gasteiger partial charge is 0.494 e. The standard InChI is InChI=1S/C38H38N2O4/c41-27-10-28-43-34-22-20-33(21-23-34)36-39-38(37(42)40-25-7-8-26-40,24-9-13-29-11-3-1-4-12-29)35(44-36)32-18-16-31(17-19-32)30-14-5-2-6-15-30/h1-6,9,11-23,35,41H,7-8,10,24-28H2/b13-9+/t35-,38-/m1/s1. The fourth-order valence-electron chi connectivity index (χ4n) is 5.91. The van der Waals surface area contributed by atoms with E-state index in [1.165, 1.54) is 0 Å². The lowest BCUT2D eigenvalue weighted by Crippen LogP contribution is -2.49. The van der Waals surface area contributed by atoms with Gasteiger partial charge < -0.3 is 19.5 Å². The second-order valence-corrected chi connectivity index (χ2v) is 11.3. The van der Waals surface area contributed by atoms with Crippen molar-refractivity contribution in [1.29, 1.82) is 0 Å². The van der Waals surface area contributed by atoms with E-state index in [2.05, 4.69) is 60.7 Å². The highest BCUT2D eigenvalue weighted by atomic mass is 16.5. The third-order valence-corrected chi connectivity index (χ3v) is 8.26. The molecular weight excluding hydrogens is 548 g/mol. The third kappa shape index (κ3) is 6.46. The smallest absolute Gasteiger partial charge is 0.255 e. The Bertz CT molecular complexity index is 1580. The summed E-state index contributed by atoms with van der Waals surface area (Å²) in [4.78, 5) is 21.7. The molecule has 0 bridgehead atoms. The van der Waals surface area contributed by atoms with Gasteiger partial charge in [0, 0.05) is 38.1 Å². The summed E-state index contributed by atoms with van der Waals surface area (Å²) in [5, 5.41) is 9.07. The van der Waals surface area contributed by atoms with Crippen LogP contribution in [0.2, 0.25) is 0 Å². The minimum atomic E-state index is -1.16. The van der Waals surface area contributed by atoms with E-state index in [1.807, 2.05) is 65.6 Å². The molecule has 4 aromatic rings. The molecule has 2 aliphatic rings. The van der Waals surface area contributed by atoms with Crippen molar-refractivity contribution in [3.63, 3.8) is 0 Å². The number of hydrogen-bond donors (Lipinski definition) is 1. The van der Waals surface area contributed by atoms with Crippen LogP contribution in [-0.4, -0.2) is 53.7 Å². The van der Waals surface area contributed by atoms with Crippen LogP contribution in [0, 0.1) is 0 Å². The van der Waals surface area contributed by atoms with Gasteiger partial charge in [-0.25, -0.2) is 4.99 Å². The molecule has 6 heteroatoms. The van der Waals surface area contributed by atoms with Crippen LogP contribution < -0.4 is 4.74 Å². The fraction of sp³-hybridized carbons (Fsp3) is 0.263. The Balaban J connectivity index is 1.38. The topological polar surface area (TPSA) is 71.4 Å². The average molecular weight is 587 g/mol. The number of likely N-dealkylation sites (tertiary alicyclic amines) is 1. The lowest BCUT2D eigenvalue weighted by Gasteiger charge is -2.33. The van der Waals surface area contributed by atoms with Crippen molar-refractivity contribution >= 4 is 17.9 Å². The van der Waals surface area contributed by atoms with E-state index >= 15 is 0 Å². The van der Waals surface area contributed by atoms with Gasteiger partial charge in [-0.2, -0.15) is 0 Å². The molecule has 2 atom stereocenters. The molecule has 1 fully saturated rings. The molecule has 0 unspecified atom stereocenters. The van der Waals surface area contributed by atoms with Gasteiger partial charge in [0.05, 0.1) is 6.61 Å². The maximum Gasteiger partial charge on any atom is 0.255 e. The summed E-state index contributed by atoms with van der Waals surface area (Å²) in [5.74, 6) is 1.16. The summed E-state index contributed by atoms with van der Waals surface area (Å²) in [6.45, 7) is 1.98. The summed E-state index contributed by atoms with van der Waals surface area (Å²) in [6.07, 6.45) is 6.47. The molecule has 4 aromatic carbocycles. The van der Waals surface area contributed by atoms with Gasteiger partial charge in [-0.05, 0) is 59.4 Å². The fourth-order valence-corrected chi connectivity index (χ4v) is 5.91. The summed E-state index contributed by atoms with van der Waals surface area (Å²) < 4.78 is 12.4. The normalized spacial score (nSPS) is 19.6. The highest BCUT2D eigenvalue weighted by Crippen LogP contribution is 2.44. The van der Waals surface area contributed by atoms with E-state index in [0.717, 1.165) is 53.7 Å². The molecule has 2 heterocycles. The molecule has 0 spiro atoms. The first-order chi connectivity index (χ1) is 21.7. The lowest BCUT2D eigenvalue weighted by molar-refractivity contribution is -0.138. The highest BCUT2D eigenvalue weighted by molar-refractivity contribution is 6.01. The van der Waals surface area contributed by atoms with Crippen molar-refractivity contribution in [3.05, 3.63) is 132 Å². The van der Waals surface area contributed by atoms with E-state index < -0.39 is 11.6 Å². The first-order valence-corrected chi connectivity index (χ1v) is 15.4. The molecule has 1 saturated heterocycles. The van der Waals surface area contributed by atoms with Gasteiger partial charge >= 0.3 is 0 Å². The van der Waals surface area contributed by atoms with Gasteiger partial charge in [-0.15, -0.1) is 0 Å². The van der Waals surface area contributed by atoms with Gasteiger partial charge in [0.1, 0.15) is 5.75 Å². The average Bonchev–Trinajstić information content (AvgIpc) is 3.76. The molecule has 0 aliphatic carbocycles. The van der Waals surface area contributed by atoms with Crippen LogP contribution >= 0.6 is 0 Å². The van der Waals surface area contributed by atoms with Crippen molar-refractivity contribution in [2.75, 3.05) is 26.3 Å². The van der Waals surface area contributed by atoms with Crippen LogP contribution in [0.1, 0.15) is 48.5 Å². The first kappa shape index (κ1) is 29.4. The zero-order chi connectivity index (χ0) is 30.2. The van der Waals surface area contributed by atoms with Gasteiger partial charge in [0.15, 0.2) is 11.6 Å². The number of aliphatic hydroxyl groups excluding tert-OH is 1. The number of rotatable bonds is 11. The van der Waals surface area contributed by atoms with Crippen molar-refractivity contribution in [2.45, 2.75) is 37.3 Å². The monoisotopic (exact) mass is 586 g/mol. The number of carbonyl (C=O) groups is 1. The number of aliphatic hydroxyl groups is 1. The Labute approximate surface area is 259 Å². The quantitative estimate of drug-likeness (QED) is 0.190. The van der Waals surface area contributed by atoms with Crippen LogP contribution in [0.15, 0.2) is 120 Å². The number of amides is 1. The number of aliphatic imine (C=N–C) groups is 1. The number of benzene rings is 4. The number of nitrogens with zero attached hydrogens (tertiary/aromatic N) is 2. The minimum Gasteiger partial charge on any atom is -0.494 e. The second kappa shape index (κ2) is 13.7. The number of hydrogen-bond acceptors (Lipinski definition) is 5. The summed E-state index contributed by atoms with van der Waals surface area (Å²) in [7, 11) is 0. The van der Waals surface area contributed by atoms with Crippen LogP contribution in [0.3, 0.4) is 0 Å². The van der Waals surface area contributed by atoms with Crippen molar-refractivity contribution in [1.82, 2.24) is 4.90 Å². The molecule has 6 rings (SSSR count). The maximum atomic E-state index is 14.5. The third-order valence-electron chi connectivity index (χ3n) is 8.26. The van der Waals surface area contributed by atoms with Crippen molar-refractivity contribution in [2.24, 2.45) is 4.99 Å². The SMILES string of the molecule is O=C(N1CCCC1)[C@]1(C/C=C/c2ccccc2)N=C(c2ccc(OCCCO)cc2)O[C@@H]1c1ccc(-c2ccccc2)cc1. The number of ether oxygens (including phenoxy) is 2. The molecule has 2 aliphatic heterocycles. The Kier molecular flexibility index (Phi) is 9.18. The molecule has 44 heavy (non-hydrogen) atoms. The highest BCUT2D eigenvalue weighted by Gasteiger charge is 2.54. The predicted octanol–water partition coefficient (Wildman–Crippen LogP) is 7.10. The molecule has 6 nitrogen and oxygen atoms in total. The molecular formula is C38H38N2O4. The maximum absolute atomic E-state index is 14.5. The molecule has 1 N–H and O–H groups in total. The van der Waals surface area contributed by atoms with Crippen LogP contribution in [0.5, 0.6) is 5.75 Å². The van der Waals surface area contributed by atoms with E-state index in [1.54, 1.807) is 0 Å². The van der Waals surface area contributed by atoms with E-state index in [0.29, 0.717) is 31.1 Å². The van der Waals surface area contributed by atoms with Gasteiger partial charge in [0.2, 0.25) is 5.90 Å². The first-order valence-electron chi connectivity index (χ1n) is 15.4. The molecule has 0 aromatic heterocycles. The summed E-state index contributed by atoms with van der Waals surface area (Å²) in [6, 6.07) is 36.3. The van der Waals surface area contributed by atoms with Crippen LogP contribution in [0.25, 0.3) is 17.2 Å². The second-order valence-electron chi connectivity index (χ2n) is 11.3. The van der Waals surface area contributed by atoms with Crippen LogP contribution in [0.4, 0.5) is 0 Å². The zero-order valence-electron chi connectivity index (χ0n) is 24.8. The van der Waals surface area contributed by atoms with Gasteiger partial charge in [0.25, 0.3) is 5.91 Å². The van der Waals surface area contributed by atoms with Gasteiger partial charge in [-0.1, -0.05) is 97.1 Å². The van der Waals surface area contributed by atoms with E-state index in [-0.39, 0.29) is 12.5 Å². The summed E-state index contributed by atoms with van der Waals surface area (Å²) in [5.41, 5.74) is 3.84. The van der Waals surface area contributed by atoms with Crippen molar-refractivity contribution in [3.8, 4) is 16.9 Å². The molecule has 1 amide bonds. The Morgan fingerprint density at radius 2 is 1.50 bits per heavy atom. The van der Waals surface area contributed by atoms with E-state index in [9.17, 15) is 4.79 Å².